The van der Waals surface area contributed by atoms with E-state index in [4.69, 9.17) is 16.7 Å². The van der Waals surface area contributed by atoms with E-state index in [1.807, 2.05) is 18.2 Å². The van der Waals surface area contributed by atoms with E-state index in [0.29, 0.717) is 6.04 Å². The molecule has 2 aromatic rings. The molecule has 0 spiro atoms. The molecule has 2 atom stereocenters. The number of nitrogens with zero attached hydrogens (tertiary/aromatic N) is 2. The average Bonchev–Trinajstić information content (AvgIpc) is 3.06. The number of aliphatic hydroxyl groups is 1. The Morgan fingerprint density at radius 3 is 2.44 bits per heavy atom. The summed E-state index contributed by atoms with van der Waals surface area (Å²) in [7, 11) is 0. The summed E-state index contributed by atoms with van der Waals surface area (Å²) in [4.78, 5) is 4.99. The van der Waals surface area contributed by atoms with E-state index in [1.54, 1.807) is 12.1 Å². The zero-order valence-electron chi connectivity index (χ0n) is 15.5. The SMILES string of the molecule is OCCCN1CCN(C2CC(c3ccc(F)cc3)c3ccc(Cl)cc32)CC1. The average molecular weight is 389 g/mol. The first-order valence-electron chi connectivity index (χ1n) is 9.78. The van der Waals surface area contributed by atoms with Crippen LogP contribution in [-0.4, -0.2) is 54.2 Å². The molecule has 1 saturated heterocycles. The predicted molar refractivity (Wildman–Crippen MR) is 107 cm³/mol. The molecule has 1 fully saturated rings. The molecule has 144 valence electrons. The number of fused-ring (bicyclic) bond motifs is 1. The Bertz CT molecular complexity index is 774. The maximum absolute atomic E-state index is 13.4. The molecule has 2 aromatic carbocycles. The third-order valence-corrected chi connectivity index (χ3v) is 6.23. The molecule has 0 amide bonds. The fraction of sp³-hybridized carbons (Fsp3) is 0.455. The van der Waals surface area contributed by atoms with Crippen molar-refractivity contribution >= 4 is 11.6 Å². The number of hydrogen-bond acceptors (Lipinski definition) is 3. The summed E-state index contributed by atoms with van der Waals surface area (Å²) >= 11 is 6.32. The van der Waals surface area contributed by atoms with Gasteiger partial charge in [0.15, 0.2) is 0 Å². The van der Waals surface area contributed by atoms with Gasteiger partial charge in [0, 0.05) is 56.3 Å². The number of rotatable bonds is 5. The van der Waals surface area contributed by atoms with Gasteiger partial charge in [-0.05, 0) is 53.8 Å². The lowest BCUT2D eigenvalue weighted by atomic mass is 9.93. The molecular weight excluding hydrogens is 363 g/mol. The standard InChI is InChI=1S/C22H26ClFN2O/c23-17-4-7-19-20(16-2-5-18(24)6-3-16)15-22(21(19)14-17)26-11-9-25(10-12-26)8-1-13-27/h2-7,14,20,22,27H,1,8-13,15H2. The lowest BCUT2D eigenvalue weighted by molar-refractivity contribution is 0.0903. The van der Waals surface area contributed by atoms with E-state index < -0.39 is 0 Å². The van der Waals surface area contributed by atoms with Crippen LogP contribution in [0.4, 0.5) is 4.39 Å². The molecule has 5 heteroatoms. The van der Waals surface area contributed by atoms with Gasteiger partial charge in [-0.15, -0.1) is 0 Å². The second-order valence-electron chi connectivity index (χ2n) is 7.58. The monoisotopic (exact) mass is 388 g/mol. The molecule has 3 nitrogen and oxygen atoms in total. The van der Waals surface area contributed by atoms with Crippen molar-refractivity contribution in [2.24, 2.45) is 0 Å². The molecule has 1 aliphatic heterocycles. The number of aliphatic hydroxyl groups excluding tert-OH is 1. The summed E-state index contributed by atoms with van der Waals surface area (Å²) in [6.07, 6.45) is 1.85. The van der Waals surface area contributed by atoms with Crippen LogP contribution in [0.3, 0.4) is 0 Å². The van der Waals surface area contributed by atoms with E-state index in [2.05, 4.69) is 21.9 Å². The topological polar surface area (TPSA) is 26.7 Å². The Hall–Kier alpha value is -1.46. The minimum atomic E-state index is -0.191. The Morgan fingerprint density at radius 2 is 1.74 bits per heavy atom. The molecule has 0 radical (unpaired) electrons. The molecule has 2 unspecified atom stereocenters. The molecule has 0 aromatic heterocycles. The molecule has 1 N–H and O–H groups in total. The number of benzene rings is 2. The maximum atomic E-state index is 13.4. The van der Waals surface area contributed by atoms with Gasteiger partial charge in [0.25, 0.3) is 0 Å². The summed E-state index contributed by atoms with van der Waals surface area (Å²) in [5.41, 5.74) is 3.81. The van der Waals surface area contributed by atoms with Crippen molar-refractivity contribution in [1.82, 2.24) is 9.80 Å². The van der Waals surface area contributed by atoms with E-state index >= 15 is 0 Å². The van der Waals surface area contributed by atoms with Crippen LogP contribution in [0.15, 0.2) is 42.5 Å². The largest absolute Gasteiger partial charge is 0.396 e. The summed E-state index contributed by atoms with van der Waals surface area (Å²) < 4.78 is 13.4. The Labute approximate surface area is 165 Å². The van der Waals surface area contributed by atoms with E-state index in [9.17, 15) is 4.39 Å². The molecule has 1 heterocycles. The number of piperazine rings is 1. The number of hydrogen-bond donors (Lipinski definition) is 1. The Balaban J connectivity index is 1.54. The molecular formula is C22H26ClFN2O. The van der Waals surface area contributed by atoms with Crippen LogP contribution in [0, 0.1) is 5.82 Å². The summed E-state index contributed by atoms with van der Waals surface area (Å²) in [5, 5.41) is 9.82. The highest BCUT2D eigenvalue weighted by molar-refractivity contribution is 6.30. The van der Waals surface area contributed by atoms with Crippen LogP contribution in [0.5, 0.6) is 0 Å². The van der Waals surface area contributed by atoms with Crippen molar-refractivity contribution in [2.45, 2.75) is 24.8 Å². The molecule has 2 aliphatic rings. The second kappa shape index (κ2) is 8.27. The fourth-order valence-electron chi connectivity index (χ4n) is 4.58. The van der Waals surface area contributed by atoms with Crippen molar-refractivity contribution in [3.8, 4) is 0 Å². The zero-order valence-corrected chi connectivity index (χ0v) is 16.2. The summed E-state index contributed by atoms with van der Waals surface area (Å²) in [6, 6.07) is 13.5. The van der Waals surface area contributed by atoms with E-state index in [-0.39, 0.29) is 18.3 Å². The summed E-state index contributed by atoms with van der Waals surface area (Å²) in [6.45, 7) is 5.35. The molecule has 0 bridgehead atoms. The van der Waals surface area contributed by atoms with Crippen LogP contribution >= 0.6 is 11.6 Å². The molecule has 27 heavy (non-hydrogen) atoms. The van der Waals surface area contributed by atoms with Gasteiger partial charge in [-0.3, -0.25) is 4.90 Å². The van der Waals surface area contributed by atoms with Gasteiger partial charge >= 0.3 is 0 Å². The zero-order chi connectivity index (χ0) is 18.8. The fourth-order valence-corrected chi connectivity index (χ4v) is 4.76. The van der Waals surface area contributed by atoms with Gasteiger partial charge in [-0.1, -0.05) is 29.8 Å². The molecule has 4 rings (SSSR count). The third kappa shape index (κ3) is 4.04. The first-order chi connectivity index (χ1) is 13.2. The maximum Gasteiger partial charge on any atom is 0.123 e. The van der Waals surface area contributed by atoms with Crippen molar-refractivity contribution in [1.29, 1.82) is 0 Å². The van der Waals surface area contributed by atoms with Gasteiger partial charge in [0.2, 0.25) is 0 Å². The smallest absolute Gasteiger partial charge is 0.123 e. The van der Waals surface area contributed by atoms with Crippen molar-refractivity contribution in [3.63, 3.8) is 0 Å². The van der Waals surface area contributed by atoms with Crippen LogP contribution in [-0.2, 0) is 0 Å². The van der Waals surface area contributed by atoms with Crippen molar-refractivity contribution in [3.05, 3.63) is 70.0 Å². The first kappa shape index (κ1) is 18.9. The van der Waals surface area contributed by atoms with Gasteiger partial charge in [0.1, 0.15) is 5.82 Å². The van der Waals surface area contributed by atoms with Crippen molar-refractivity contribution < 1.29 is 9.50 Å². The van der Waals surface area contributed by atoms with Gasteiger partial charge in [0.05, 0.1) is 0 Å². The van der Waals surface area contributed by atoms with Crippen LogP contribution in [0.2, 0.25) is 5.02 Å². The highest BCUT2D eigenvalue weighted by Gasteiger charge is 2.36. The highest BCUT2D eigenvalue weighted by Crippen LogP contribution is 2.47. The first-order valence-corrected chi connectivity index (χ1v) is 10.2. The Kier molecular flexibility index (Phi) is 5.79. The summed E-state index contributed by atoms with van der Waals surface area (Å²) in [5.74, 6) is 0.0962. The van der Waals surface area contributed by atoms with Crippen LogP contribution < -0.4 is 0 Å². The Morgan fingerprint density at radius 1 is 1.00 bits per heavy atom. The predicted octanol–water partition coefficient (Wildman–Crippen LogP) is 4.06. The van der Waals surface area contributed by atoms with Gasteiger partial charge in [-0.25, -0.2) is 4.39 Å². The lowest BCUT2D eigenvalue weighted by Gasteiger charge is -2.38. The van der Waals surface area contributed by atoms with E-state index in [1.165, 1.54) is 16.7 Å². The normalized spacial score (nSPS) is 23.5. The quantitative estimate of drug-likeness (QED) is 0.836. The van der Waals surface area contributed by atoms with Crippen molar-refractivity contribution in [2.75, 3.05) is 39.3 Å². The minimum absolute atomic E-state index is 0.191. The molecule has 0 saturated carbocycles. The van der Waals surface area contributed by atoms with Gasteiger partial charge in [-0.2, -0.15) is 0 Å². The molecule has 1 aliphatic carbocycles. The second-order valence-corrected chi connectivity index (χ2v) is 8.02. The van der Waals surface area contributed by atoms with Gasteiger partial charge < -0.3 is 10.0 Å². The highest BCUT2D eigenvalue weighted by atomic mass is 35.5. The minimum Gasteiger partial charge on any atom is -0.396 e. The third-order valence-electron chi connectivity index (χ3n) is 5.99. The van der Waals surface area contributed by atoms with Crippen LogP contribution in [0.1, 0.15) is 41.5 Å². The lowest BCUT2D eigenvalue weighted by Crippen LogP contribution is -2.47. The van der Waals surface area contributed by atoms with Crippen LogP contribution in [0.25, 0.3) is 0 Å². The van der Waals surface area contributed by atoms with E-state index in [0.717, 1.165) is 50.6 Å². The number of halogens is 2.